The van der Waals surface area contributed by atoms with Gasteiger partial charge < -0.3 is 10.1 Å². The molecule has 0 unspecified atom stereocenters. The second-order valence-corrected chi connectivity index (χ2v) is 6.09. The van der Waals surface area contributed by atoms with Crippen LogP contribution in [0.25, 0.3) is 5.69 Å². The molecule has 0 spiro atoms. The highest BCUT2D eigenvalue weighted by Gasteiger charge is 2.41. The number of ether oxygens (including phenoxy) is 1. The Morgan fingerprint density at radius 2 is 1.79 bits per heavy atom. The number of aromatic nitrogens is 2. The normalized spacial score (nSPS) is 12.2. The number of alkyl halides is 6. The summed E-state index contributed by atoms with van der Waals surface area (Å²) in [6.07, 6.45) is -9.82. The van der Waals surface area contributed by atoms with E-state index in [0.717, 1.165) is 12.1 Å². The van der Waals surface area contributed by atoms with Gasteiger partial charge in [0.25, 0.3) is 5.91 Å². The largest absolute Gasteiger partial charge is 0.462 e. The third-order valence-corrected chi connectivity index (χ3v) is 3.46. The van der Waals surface area contributed by atoms with E-state index < -0.39 is 59.4 Å². The maximum absolute atomic E-state index is 13.5. The Labute approximate surface area is 160 Å². The monoisotopic (exact) mass is 423 g/mol. The van der Waals surface area contributed by atoms with Crippen molar-refractivity contribution in [3.63, 3.8) is 0 Å². The van der Waals surface area contributed by atoms with Gasteiger partial charge in [0, 0.05) is 0 Å². The molecule has 1 N–H and O–H groups in total. The zero-order valence-corrected chi connectivity index (χ0v) is 15.1. The molecule has 29 heavy (non-hydrogen) atoms. The number of carbonyl (C=O) groups is 2. The van der Waals surface area contributed by atoms with Crippen molar-refractivity contribution in [2.45, 2.75) is 32.3 Å². The molecule has 0 aliphatic carbocycles. The predicted octanol–water partition coefficient (Wildman–Crippen LogP) is 3.59. The number of nitrogens with zero attached hydrogens (tertiary/aromatic N) is 2. The van der Waals surface area contributed by atoms with E-state index in [1.165, 1.54) is 0 Å². The number of halogens is 6. The van der Waals surface area contributed by atoms with Crippen LogP contribution in [0.2, 0.25) is 0 Å². The minimum Gasteiger partial charge on any atom is -0.462 e. The molecule has 12 heteroatoms. The Morgan fingerprint density at radius 1 is 1.14 bits per heavy atom. The molecule has 0 atom stereocenters. The van der Waals surface area contributed by atoms with Crippen LogP contribution >= 0.6 is 0 Å². The number of esters is 1. The Balaban J connectivity index is 2.39. The summed E-state index contributed by atoms with van der Waals surface area (Å²) < 4.78 is 84.1. The summed E-state index contributed by atoms with van der Waals surface area (Å²) in [5.74, 6) is -2.15. The Kier molecular flexibility index (Phi) is 6.24. The highest BCUT2D eigenvalue weighted by Crippen LogP contribution is 2.35. The van der Waals surface area contributed by atoms with Crippen LogP contribution in [0.15, 0.2) is 30.5 Å². The molecule has 0 bridgehead atoms. The minimum absolute atomic E-state index is 0.191. The van der Waals surface area contributed by atoms with Crippen LogP contribution in [0.1, 0.15) is 35.5 Å². The third-order valence-electron chi connectivity index (χ3n) is 3.46. The number of rotatable bonds is 5. The molecule has 1 aromatic heterocycles. The fraction of sp³-hybridized carbons (Fsp3) is 0.353. The molecule has 0 aliphatic heterocycles. The van der Waals surface area contributed by atoms with Gasteiger partial charge in [0.1, 0.15) is 6.54 Å². The van der Waals surface area contributed by atoms with E-state index in [2.05, 4.69) is 5.10 Å². The van der Waals surface area contributed by atoms with Crippen LogP contribution < -0.4 is 5.32 Å². The van der Waals surface area contributed by atoms with E-state index in [4.69, 9.17) is 4.74 Å². The Morgan fingerprint density at radius 3 is 2.34 bits per heavy atom. The first-order chi connectivity index (χ1) is 13.3. The maximum Gasteiger partial charge on any atom is 0.434 e. The maximum atomic E-state index is 13.5. The zero-order chi connectivity index (χ0) is 22.0. The fourth-order valence-corrected chi connectivity index (χ4v) is 2.35. The first-order valence-corrected chi connectivity index (χ1v) is 8.11. The van der Waals surface area contributed by atoms with Gasteiger partial charge in [-0.3, -0.25) is 9.59 Å². The van der Waals surface area contributed by atoms with Crippen LogP contribution in [0.4, 0.5) is 26.3 Å². The summed E-state index contributed by atoms with van der Waals surface area (Å²) in [6.45, 7) is 2.39. The summed E-state index contributed by atoms with van der Waals surface area (Å²) in [5, 5.41) is 5.40. The molecule has 0 aliphatic rings. The fourth-order valence-electron chi connectivity index (χ4n) is 2.35. The standard InChI is InChI=1S/C17H15F6N3O3/c1-9(2)29-13(27)8-24-15(28)12-7-25-26(14(12)17(21,22)23)11-5-3-4-10(6-11)16(18,19)20/h3-7,9H,8H2,1-2H3,(H,24,28). The SMILES string of the molecule is CC(C)OC(=O)CNC(=O)c1cnn(-c2cccc(C(F)(F)F)c2)c1C(F)(F)F. The summed E-state index contributed by atoms with van der Waals surface area (Å²) in [5.41, 5.74) is -4.25. The van der Waals surface area contributed by atoms with E-state index in [1.807, 2.05) is 5.32 Å². The van der Waals surface area contributed by atoms with Crippen molar-refractivity contribution in [1.82, 2.24) is 15.1 Å². The molecule has 0 saturated carbocycles. The average molecular weight is 423 g/mol. The predicted molar refractivity (Wildman–Crippen MR) is 87.1 cm³/mol. The van der Waals surface area contributed by atoms with Gasteiger partial charge in [-0.2, -0.15) is 31.4 Å². The van der Waals surface area contributed by atoms with Crippen molar-refractivity contribution in [2.75, 3.05) is 6.54 Å². The van der Waals surface area contributed by atoms with Gasteiger partial charge in [-0.05, 0) is 32.0 Å². The van der Waals surface area contributed by atoms with Crippen LogP contribution in [0.5, 0.6) is 0 Å². The van der Waals surface area contributed by atoms with Crippen molar-refractivity contribution in [1.29, 1.82) is 0 Å². The molecular weight excluding hydrogens is 408 g/mol. The lowest BCUT2D eigenvalue weighted by atomic mass is 10.1. The van der Waals surface area contributed by atoms with Gasteiger partial charge in [0.2, 0.25) is 0 Å². The van der Waals surface area contributed by atoms with E-state index in [9.17, 15) is 35.9 Å². The zero-order valence-electron chi connectivity index (χ0n) is 15.1. The lowest BCUT2D eigenvalue weighted by molar-refractivity contribution is -0.146. The minimum atomic E-state index is -5.12. The highest BCUT2D eigenvalue weighted by molar-refractivity contribution is 5.97. The lowest BCUT2D eigenvalue weighted by Crippen LogP contribution is -2.33. The smallest absolute Gasteiger partial charge is 0.434 e. The molecule has 0 saturated heterocycles. The molecule has 2 rings (SSSR count). The first kappa shape index (κ1) is 22.2. The van der Waals surface area contributed by atoms with Gasteiger partial charge >= 0.3 is 18.3 Å². The topological polar surface area (TPSA) is 73.2 Å². The van der Waals surface area contributed by atoms with Gasteiger partial charge in [0.05, 0.1) is 29.1 Å². The van der Waals surface area contributed by atoms with Crippen molar-refractivity contribution in [3.05, 3.63) is 47.3 Å². The molecule has 158 valence electrons. The van der Waals surface area contributed by atoms with Crippen LogP contribution in [0.3, 0.4) is 0 Å². The number of amides is 1. The number of nitrogens with one attached hydrogen (secondary N) is 1. The summed E-state index contributed by atoms with van der Waals surface area (Å²) >= 11 is 0. The molecule has 2 aromatic rings. The van der Waals surface area contributed by atoms with Gasteiger partial charge in [0.15, 0.2) is 5.69 Å². The lowest BCUT2D eigenvalue weighted by Gasteiger charge is -2.14. The van der Waals surface area contributed by atoms with Crippen LogP contribution in [-0.4, -0.2) is 34.3 Å². The number of carbonyl (C=O) groups excluding carboxylic acids is 2. The van der Waals surface area contributed by atoms with Gasteiger partial charge in [-0.25, -0.2) is 4.68 Å². The summed E-state index contributed by atoms with van der Waals surface area (Å²) in [7, 11) is 0. The molecule has 1 heterocycles. The Hall–Kier alpha value is -3.05. The van der Waals surface area contributed by atoms with E-state index in [1.54, 1.807) is 13.8 Å². The van der Waals surface area contributed by atoms with E-state index in [-0.39, 0.29) is 4.68 Å². The van der Waals surface area contributed by atoms with Gasteiger partial charge in [-0.1, -0.05) is 6.07 Å². The summed E-state index contributed by atoms with van der Waals surface area (Å²) in [4.78, 5) is 23.6. The second kappa shape index (κ2) is 8.13. The summed E-state index contributed by atoms with van der Waals surface area (Å²) in [6, 6.07) is 3.07. The van der Waals surface area contributed by atoms with Crippen molar-refractivity contribution in [2.24, 2.45) is 0 Å². The van der Waals surface area contributed by atoms with Gasteiger partial charge in [-0.15, -0.1) is 0 Å². The number of hydrogen-bond acceptors (Lipinski definition) is 4. The molecule has 0 fully saturated rings. The second-order valence-electron chi connectivity index (χ2n) is 6.09. The quantitative estimate of drug-likeness (QED) is 0.589. The highest BCUT2D eigenvalue weighted by atomic mass is 19.4. The molecule has 6 nitrogen and oxygen atoms in total. The molecule has 1 amide bonds. The van der Waals surface area contributed by atoms with E-state index >= 15 is 0 Å². The third kappa shape index (κ3) is 5.48. The van der Waals surface area contributed by atoms with Crippen LogP contribution in [0, 0.1) is 0 Å². The molecule has 1 aromatic carbocycles. The molecule has 0 radical (unpaired) electrons. The van der Waals surface area contributed by atoms with E-state index in [0.29, 0.717) is 18.3 Å². The first-order valence-electron chi connectivity index (χ1n) is 8.11. The average Bonchev–Trinajstić information content (AvgIpc) is 3.04. The van der Waals surface area contributed by atoms with Crippen molar-refractivity contribution < 1.29 is 40.7 Å². The van der Waals surface area contributed by atoms with Crippen molar-refractivity contribution >= 4 is 11.9 Å². The number of hydrogen-bond donors (Lipinski definition) is 1. The number of benzene rings is 1. The Bertz CT molecular complexity index is 903. The molecular formula is C17H15F6N3O3. The van der Waals surface area contributed by atoms with Crippen molar-refractivity contribution in [3.8, 4) is 5.69 Å². The van der Waals surface area contributed by atoms with Crippen LogP contribution in [-0.2, 0) is 21.9 Å².